The molecule has 132 valence electrons. The molecule has 4 N–H and O–H groups in total. The van der Waals surface area contributed by atoms with Crippen LogP contribution in [0.2, 0.25) is 0 Å². The molecule has 23 heavy (non-hydrogen) atoms. The molecule has 8 heteroatoms. The van der Waals surface area contributed by atoms with Crippen LogP contribution in [0.3, 0.4) is 0 Å². The minimum absolute atomic E-state index is 0.0560. The number of hydrogen-bond acceptors (Lipinski definition) is 5. The van der Waals surface area contributed by atoms with Gasteiger partial charge in [-0.3, -0.25) is 19.2 Å². The molecule has 0 rings (SSSR count). The SMILES string of the molecule is CC(=O)N(CCNC(=O)[C@@H](N)CCC(=O)O)CCC(=O)C(C)C. The Bertz CT molecular complexity index is 437. The maximum absolute atomic E-state index is 11.7. The number of aliphatic carboxylic acids is 1. The van der Waals surface area contributed by atoms with Crippen LogP contribution in [-0.2, 0) is 19.2 Å². The molecule has 8 nitrogen and oxygen atoms in total. The Morgan fingerprint density at radius 3 is 2.22 bits per heavy atom. The molecule has 0 aliphatic rings. The van der Waals surface area contributed by atoms with E-state index in [0.29, 0.717) is 6.54 Å². The van der Waals surface area contributed by atoms with Gasteiger partial charge in [-0.2, -0.15) is 0 Å². The summed E-state index contributed by atoms with van der Waals surface area (Å²) in [5, 5.41) is 11.1. The summed E-state index contributed by atoms with van der Waals surface area (Å²) in [6.07, 6.45) is 0.162. The van der Waals surface area contributed by atoms with Crippen molar-refractivity contribution in [2.24, 2.45) is 11.7 Å². The van der Waals surface area contributed by atoms with Crippen molar-refractivity contribution < 1.29 is 24.3 Å². The summed E-state index contributed by atoms with van der Waals surface area (Å²) in [6.45, 7) is 5.80. The van der Waals surface area contributed by atoms with Crippen LogP contribution in [-0.4, -0.2) is 59.2 Å². The van der Waals surface area contributed by atoms with Crippen LogP contribution < -0.4 is 11.1 Å². The number of ketones is 1. The second kappa shape index (κ2) is 10.7. The van der Waals surface area contributed by atoms with Crippen LogP contribution in [0.5, 0.6) is 0 Å². The van der Waals surface area contributed by atoms with E-state index in [1.54, 1.807) is 13.8 Å². The number of carbonyl (C=O) groups excluding carboxylic acids is 3. The van der Waals surface area contributed by atoms with Crippen LogP contribution >= 0.6 is 0 Å². The van der Waals surface area contributed by atoms with Crippen molar-refractivity contribution in [1.29, 1.82) is 0 Å². The van der Waals surface area contributed by atoms with Crippen molar-refractivity contribution >= 4 is 23.6 Å². The molecule has 2 amide bonds. The number of nitrogens with two attached hydrogens (primary N) is 1. The predicted octanol–water partition coefficient (Wildman–Crippen LogP) is -0.242. The first-order valence-corrected chi connectivity index (χ1v) is 7.68. The topological polar surface area (TPSA) is 130 Å². The van der Waals surface area contributed by atoms with Gasteiger partial charge in [-0.15, -0.1) is 0 Å². The third-order valence-electron chi connectivity index (χ3n) is 3.40. The van der Waals surface area contributed by atoms with E-state index in [1.165, 1.54) is 11.8 Å². The monoisotopic (exact) mass is 329 g/mol. The molecule has 0 aliphatic carbocycles. The Kier molecular flexibility index (Phi) is 9.80. The first-order valence-electron chi connectivity index (χ1n) is 7.68. The number of hydrogen-bond donors (Lipinski definition) is 3. The van der Waals surface area contributed by atoms with Gasteiger partial charge in [-0.25, -0.2) is 0 Å². The zero-order chi connectivity index (χ0) is 18.0. The van der Waals surface area contributed by atoms with E-state index in [-0.39, 0.29) is 50.0 Å². The van der Waals surface area contributed by atoms with Gasteiger partial charge in [0.15, 0.2) is 0 Å². The molecule has 0 aromatic carbocycles. The van der Waals surface area contributed by atoms with E-state index in [2.05, 4.69) is 5.32 Å². The molecule has 0 aromatic rings. The van der Waals surface area contributed by atoms with Gasteiger partial charge in [-0.1, -0.05) is 13.8 Å². The second-order valence-electron chi connectivity index (χ2n) is 5.71. The van der Waals surface area contributed by atoms with E-state index in [1.807, 2.05) is 0 Å². The highest BCUT2D eigenvalue weighted by atomic mass is 16.4. The number of carbonyl (C=O) groups is 4. The molecule has 0 fully saturated rings. The van der Waals surface area contributed by atoms with Gasteiger partial charge < -0.3 is 21.1 Å². The van der Waals surface area contributed by atoms with Gasteiger partial charge in [0.1, 0.15) is 5.78 Å². The number of rotatable bonds is 11. The van der Waals surface area contributed by atoms with Crippen LogP contribution in [0.1, 0.15) is 40.0 Å². The second-order valence-corrected chi connectivity index (χ2v) is 5.71. The van der Waals surface area contributed by atoms with Crippen molar-refractivity contribution in [2.75, 3.05) is 19.6 Å². The van der Waals surface area contributed by atoms with Crippen molar-refractivity contribution in [1.82, 2.24) is 10.2 Å². The third-order valence-corrected chi connectivity index (χ3v) is 3.40. The largest absolute Gasteiger partial charge is 0.481 e. The molecule has 0 spiro atoms. The molecule has 1 atom stereocenters. The average molecular weight is 329 g/mol. The number of carboxylic acids is 1. The first-order chi connectivity index (χ1) is 10.6. The molecule has 0 saturated carbocycles. The number of Topliss-reactive ketones (excluding diaryl/α,β-unsaturated/α-hetero) is 1. The minimum Gasteiger partial charge on any atom is -0.481 e. The van der Waals surface area contributed by atoms with Gasteiger partial charge in [0.05, 0.1) is 6.04 Å². The molecule has 0 unspecified atom stereocenters. The van der Waals surface area contributed by atoms with Crippen LogP contribution in [0.4, 0.5) is 0 Å². The van der Waals surface area contributed by atoms with Gasteiger partial charge in [-0.05, 0) is 6.42 Å². The summed E-state index contributed by atoms with van der Waals surface area (Å²) in [4.78, 5) is 46.7. The third kappa shape index (κ3) is 9.62. The Morgan fingerprint density at radius 1 is 1.13 bits per heavy atom. The molecular weight excluding hydrogens is 302 g/mol. The lowest BCUT2D eigenvalue weighted by Gasteiger charge is -2.22. The summed E-state index contributed by atoms with van der Waals surface area (Å²) in [7, 11) is 0. The predicted molar refractivity (Wildman–Crippen MR) is 84.6 cm³/mol. The maximum Gasteiger partial charge on any atom is 0.303 e. The molecule has 0 aromatic heterocycles. The van der Waals surface area contributed by atoms with Crippen LogP contribution in [0.15, 0.2) is 0 Å². The fourth-order valence-electron chi connectivity index (χ4n) is 1.82. The zero-order valence-electron chi connectivity index (χ0n) is 14.0. The lowest BCUT2D eigenvalue weighted by atomic mass is 10.1. The van der Waals surface area contributed by atoms with Gasteiger partial charge in [0, 0.05) is 45.3 Å². The summed E-state index contributed by atoms with van der Waals surface area (Å²) >= 11 is 0. The fourth-order valence-corrected chi connectivity index (χ4v) is 1.82. The fraction of sp³-hybridized carbons (Fsp3) is 0.733. The quantitative estimate of drug-likeness (QED) is 0.479. The Labute approximate surface area is 136 Å². The first kappa shape index (κ1) is 21.0. The Balaban J connectivity index is 4.17. The smallest absolute Gasteiger partial charge is 0.303 e. The maximum atomic E-state index is 11.7. The van der Waals surface area contributed by atoms with Crippen LogP contribution in [0.25, 0.3) is 0 Å². The standard InChI is InChI=1S/C15H27N3O5/c1-10(2)13(20)6-8-18(11(3)19)9-7-17-15(23)12(16)4-5-14(21)22/h10,12H,4-9,16H2,1-3H3,(H,17,23)(H,21,22)/t12-/m0/s1. The van der Waals surface area contributed by atoms with Gasteiger partial charge >= 0.3 is 5.97 Å². The lowest BCUT2D eigenvalue weighted by molar-refractivity contribution is -0.137. The highest BCUT2D eigenvalue weighted by Gasteiger charge is 2.16. The van der Waals surface area contributed by atoms with Gasteiger partial charge in [0.25, 0.3) is 0 Å². The summed E-state index contributed by atoms with van der Waals surface area (Å²) in [5.41, 5.74) is 5.57. The van der Waals surface area contributed by atoms with Crippen molar-refractivity contribution in [3.8, 4) is 0 Å². The van der Waals surface area contributed by atoms with E-state index >= 15 is 0 Å². The highest BCUT2D eigenvalue weighted by molar-refractivity contribution is 5.82. The highest BCUT2D eigenvalue weighted by Crippen LogP contribution is 2.01. The molecule has 0 bridgehead atoms. The summed E-state index contributed by atoms with van der Waals surface area (Å²) < 4.78 is 0. The van der Waals surface area contributed by atoms with Crippen molar-refractivity contribution in [3.63, 3.8) is 0 Å². The summed E-state index contributed by atoms with van der Waals surface area (Å²) in [5.74, 6) is -1.63. The molecule has 0 saturated heterocycles. The van der Waals surface area contributed by atoms with Gasteiger partial charge in [0.2, 0.25) is 11.8 Å². The number of amides is 2. The average Bonchev–Trinajstić information content (AvgIpc) is 2.46. The summed E-state index contributed by atoms with van der Waals surface area (Å²) in [6, 6.07) is -0.889. The normalized spacial score (nSPS) is 11.9. The van der Waals surface area contributed by atoms with Crippen molar-refractivity contribution in [2.45, 2.75) is 46.1 Å². The number of carboxylic acid groups (broad SMARTS) is 1. The Morgan fingerprint density at radius 2 is 1.74 bits per heavy atom. The Hall–Kier alpha value is -1.96. The van der Waals surface area contributed by atoms with E-state index in [9.17, 15) is 19.2 Å². The molecular formula is C15H27N3O5. The van der Waals surface area contributed by atoms with E-state index in [0.717, 1.165) is 0 Å². The van der Waals surface area contributed by atoms with Crippen LogP contribution in [0, 0.1) is 5.92 Å². The number of nitrogens with zero attached hydrogens (tertiary/aromatic N) is 1. The minimum atomic E-state index is -1.01. The lowest BCUT2D eigenvalue weighted by Crippen LogP contribution is -2.44. The van der Waals surface area contributed by atoms with E-state index < -0.39 is 17.9 Å². The number of nitrogens with one attached hydrogen (secondary N) is 1. The zero-order valence-corrected chi connectivity index (χ0v) is 14.0. The molecule has 0 aliphatic heterocycles. The van der Waals surface area contributed by atoms with Crippen molar-refractivity contribution in [3.05, 3.63) is 0 Å². The van der Waals surface area contributed by atoms with E-state index in [4.69, 9.17) is 10.8 Å². The molecule has 0 radical (unpaired) electrons. The molecule has 0 heterocycles.